The second-order valence-electron chi connectivity index (χ2n) is 19.2. The van der Waals surface area contributed by atoms with Crippen LogP contribution in [0.2, 0.25) is 0 Å². The summed E-state index contributed by atoms with van der Waals surface area (Å²) in [7, 11) is -1.51. The molecule has 0 nitrogen and oxygen atoms in total. The van der Waals surface area contributed by atoms with E-state index in [1.54, 1.807) is 37.0 Å². The number of hydrogen-bond donors (Lipinski definition) is 0. The fourth-order valence-electron chi connectivity index (χ4n) is 8.54. The second-order valence-corrected chi connectivity index (χ2v) is 60.0. The molecule has 2 unspecified atom stereocenters. The van der Waals surface area contributed by atoms with Crippen LogP contribution in [0.3, 0.4) is 0 Å². The average molecular weight is 1120 g/mol. The zero-order valence-corrected chi connectivity index (χ0v) is 49.3. The van der Waals surface area contributed by atoms with Gasteiger partial charge in [-0.1, -0.05) is 160 Å². The van der Waals surface area contributed by atoms with Gasteiger partial charge in [-0.25, -0.2) is 0 Å². The Balaban J connectivity index is -0.000000874. The van der Waals surface area contributed by atoms with Gasteiger partial charge in [0.15, 0.2) is 0 Å². The fraction of sp³-hybridized carbons (Fsp3) is 1.00. The molecule has 0 saturated heterocycles. The Kier molecular flexibility index (Phi) is 43.0. The van der Waals surface area contributed by atoms with Gasteiger partial charge in [0.2, 0.25) is 0 Å². The van der Waals surface area contributed by atoms with E-state index in [1.807, 2.05) is 0 Å². The molecule has 0 aliphatic rings. The van der Waals surface area contributed by atoms with Crippen LogP contribution in [-0.4, -0.2) is 48.3 Å². The third kappa shape index (κ3) is 36.5. The molecule has 0 amide bonds. The average Bonchev–Trinajstić information content (AvgIpc) is 3.12. The first-order chi connectivity index (χ1) is 25.7. The Hall–Kier alpha value is 3.29. The van der Waals surface area contributed by atoms with E-state index in [9.17, 15) is 0 Å². The van der Waals surface area contributed by atoms with E-state index in [4.69, 9.17) is 0 Å². The van der Waals surface area contributed by atoms with Crippen LogP contribution in [0.25, 0.3) is 0 Å². The van der Waals surface area contributed by atoms with E-state index in [0.29, 0.717) is 10.8 Å². The molecule has 0 fully saturated rings. The first-order valence-corrected chi connectivity index (χ1v) is 39.1. The maximum atomic E-state index is 3.23. The summed E-state index contributed by atoms with van der Waals surface area (Å²) >= 11 is 12.9. The molecule has 7 heteroatoms. The molecule has 0 radical (unpaired) electrons. The van der Waals surface area contributed by atoms with E-state index in [0.717, 1.165) is 11.3 Å². The van der Waals surface area contributed by atoms with Crippen molar-refractivity contribution >= 4 is 71.2 Å². The molecule has 0 aliphatic carbocycles. The summed E-state index contributed by atoms with van der Waals surface area (Å²) in [5, 5.41) is 0. The number of halogens is 4. The number of rotatable bonds is 34. The molecule has 0 aromatic carbocycles. The zero-order chi connectivity index (χ0) is 42.9. The Morgan fingerprint density at radius 1 is 0.364 bits per heavy atom. The normalized spacial score (nSPS) is 14.1. The van der Waals surface area contributed by atoms with Gasteiger partial charge in [-0.15, -0.1) is 0 Å². The summed E-state index contributed by atoms with van der Waals surface area (Å²) in [5.41, 5.74) is 1.99. The van der Waals surface area contributed by atoms with Crippen LogP contribution in [0.5, 0.6) is 0 Å². The van der Waals surface area contributed by atoms with Gasteiger partial charge in [-0.2, -0.15) is 0 Å². The first-order valence-electron chi connectivity index (χ1n) is 24.0. The molecule has 0 saturated carbocycles. The van der Waals surface area contributed by atoms with E-state index < -0.39 is 20.0 Å². The molecule has 55 heavy (non-hydrogen) atoms. The molecule has 0 rings (SSSR count). The molecular weight excluding hydrogens is 1020 g/mol. The summed E-state index contributed by atoms with van der Waals surface area (Å²) < 4.78 is 0. The van der Waals surface area contributed by atoms with Crippen molar-refractivity contribution in [3.63, 3.8) is 0 Å². The van der Waals surface area contributed by atoms with Crippen LogP contribution in [0.1, 0.15) is 251 Å². The van der Waals surface area contributed by atoms with Gasteiger partial charge < -0.3 is 0 Å². The number of unbranched alkanes of at least 4 members (excludes halogenated alkanes) is 10. The van der Waals surface area contributed by atoms with E-state index >= 15 is 0 Å². The zero-order valence-electron chi connectivity index (χ0n) is 40.1. The van der Waals surface area contributed by atoms with Gasteiger partial charge in [0, 0.05) is 14.5 Å². The summed E-state index contributed by atoms with van der Waals surface area (Å²) in [4.78, 5) is 0. The van der Waals surface area contributed by atoms with Crippen LogP contribution >= 0.6 is 71.2 Å². The summed E-state index contributed by atoms with van der Waals surface area (Å²) in [6.07, 6.45) is 43.8. The molecule has 0 aromatic rings. The van der Waals surface area contributed by atoms with E-state index in [-0.39, 0.29) is 0 Å². The summed E-state index contributed by atoms with van der Waals surface area (Å²) in [6, 6.07) is 0. The van der Waals surface area contributed by atoms with Crippen molar-refractivity contribution in [2.75, 3.05) is 37.0 Å². The Morgan fingerprint density at radius 3 is 0.745 bits per heavy atom. The summed E-state index contributed by atoms with van der Waals surface area (Å²) in [6.45, 7) is 34.4. The van der Waals surface area contributed by atoms with Gasteiger partial charge >= 0.3 is 62.1 Å². The minimum atomic E-state index is -1.12. The third-order valence-electron chi connectivity index (χ3n) is 13.0. The van der Waals surface area contributed by atoms with Crippen molar-refractivity contribution < 1.29 is 5.46 Å². The van der Waals surface area contributed by atoms with Gasteiger partial charge in [-0.05, 0) is 102 Å². The quantitative estimate of drug-likeness (QED) is 0.0445. The molecule has 2 atom stereocenters. The van der Waals surface area contributed by atoms with Crippen LogP contribution in [0.4, 0.5) is 0 Å². The summed E-state index contributed by atoms with van der Waals surface area (Å²) in [5.74, 6) is 0. The monoisotopic (exact) mass is 1120 g/mol. The van der Waals surface area contributed by atoms with Crippen LogP contribution < -0.4 is 0 Å². The Morgan fingerprint density at radius 2 is 0.564 bits per heavy atom. The number of hydrogen-bond acceptors (Lipinski definition) is 0. The SMILES string of the molecule is CCCCCC(C)(C)CCC(C)[P+](CCCC)(CCCC)CCCC.CCCCCC(C)(C)CCC(C)[P+](CCCC)(CCCC)CCCC.[Br][Co-2]([Br])([Br])[Br]. The third-order valence-corrected chi connectivity index (χ3v) is 24.5. The maximum absolute atomic E-state index is 3.23. The van der Waals surface area contributed by atoms with Crippen molar-refractivity contribution in [3.05, 3.63) is 0 Å². The van der Waals surface area contributed by atoms with Gasteiger partial charge in [-0.3, -0.25) is 0 Å². The second kappa shape index (κ2) is 37.8. The van der Waals surface area contributed by atoms with E-state index in [1.165, 1.54) is 154 Å². The van der Waals surface area contributed by atoms with Crippen molar-refractivity contribution in [1.29, 1.82) is 0 Å². The molecule has 0 spiro atoms. The predicted molar refractivity (Wildman–Crippen MR) is 281 cm³/mol. The predicted octanol–water partition coefficient (Wildman–Crippen LogP) is 21.7. The van der Waals surface area contributed by atoms with Crippen molar-refractivity contribution in [3.8, 4) is 0 Å². The van der Waals surface area contributed by atoms with Gasteiger partial charge in [0.25, 0.3) is 0 Å². The fourth-order valence-corrected chi connectivity index (χ4v) is 19.6. The van der Waals surface area contributed by atoms with Crippen LogP contribution in [0, 0.1) is 10.8 Å². The van der Waals surface area contributed by atoms with E-state index in [2.05, 4.69) is 154 Å². The van der Waals surface area contributed by atoms with Gasteiger partial charge in [0.1, 0.15) is 0 Å². The van der Waals surface area contributed by atoms with Crippen molar-refractivity contribution in [2.24, 2.45) is 10.8 Å². The van der Waals surface area contributed by atoms with Crippen LogP contribution in [0.15, 0.2) is 0 Å². The van der Waals surface area contributed by atoms with Crippen molar-refractivity contribution in [1.82, 2.24) is 0 Å². The topological polar surface area (TPSA) is 0 Å². The molecular formula is C48H104Br4CoP2. The molecule has 343 valence electrons. The van der Waals surface area contributed by atoms with Crippen molar-refractivity contribution in [2.45, 2.75) is 262 Å². The molecule has 0 aromatic heterocycles. The Labute approximate surface area is 383 Å². The molecule has 0 heterocycles. The standard InChI is InChI=1S/2C24H52P.4BrH.Co/c2*1-8-12-16-18-24(6,7)19-17-23(5)25(20-13-9-2,21-14-10-3)22-15-11-4;;;;;/h2*23H,8-22H2,1-7H3;4*1H;/q2*+1;;;;;+2/p-4. The first kappa shape index (κ1) is 62.6. The molecule has 0 bridgehead atoms. The molecule has 0 aliphatic heterocycles. The minimum absolute atomic E-state index is 0.555. The molecule has 0 N–H and O–H groups in total. The Bertz CT molecular complexity index is 707. The van der Waals surface area contributed by atoms with Crippen LogP contribution in [-0.2, 0) is 5.46 Å². The van der Waals surface area contributed by atoms with Gasteiger partial charge in [0.05, 0.1) is 48.3 Å².